The zero-order valence-electron chi connectivity index (χ0n) is 14.7. The van der Waals surface area contributed by atoms with Gasteiger partial charge in [0, 0.05) is 30.8 Å². The van der Waals surface area contributed by atoms with Crippen LogP contribution in [0.15, 0.2) is 53.4 Å². The Kier molecular flexibility index (Phi) is 6.84. The molecule has 0 saturated heterocycles. The highest BCUT2D eigenvalue weighted by molar-refractivity contribution is 7.89. The third-order valence-corrected chi connectivity index (χ3v) is 5.10. The molecular formula is C18H22FN3O3S. The minimum Gasteiger partial charge on any atom is -0.351 e. The molecule has 140 valence electrons. The lowest BCUT2D eigenvalue weighted by molar-refractivity contribution is 0.0951. The van der Waals surface area contributed by atoms with Gasteiger partial charge in [-0.2, -0.15) is 0 Å². The SMILES string of the molecule is CN(C)CCNC(=O)c1ccc(S(=O)(=O)NCc2ccccc2F)cc1. The summed E-state index contributed by atoms with van der Waals surface area (Å²) in [6, 6.07) is 11.6. The summed E-state index contributed by atoms with van der Waals surface area (Å²) in [5.41, 5.74) is 0.629. The Balaban J connectivity index is 1.99. The molecule has 2 rings (SSSR count). The number of hydrogen-bond acceptors (Lipinski definition) is 4. The summed E-state index contributed by atoms with van der Waals surface area (Å²) in [7, 11) is 0.00488. The summed E-state index contributed by atoms with van der Waals surface area (Å²) in [5.74, 6) is -0.741. The normalized spacial score (nSPS) is 11.5. The van der Waals surface area contributed by atoms with Crippen molar-refractivity contribution in [3.63, 3.8) is 0 Å². The lowest BCUT2D eigenvalue weighted by Gasteiger charge is -2.11. The molecular weight excluding hydrogens is 357 g/mol. The monoisotopic (exact) mass is 379 g/mol. The largest absolute Gasteiger partial charge is 0.351 e. The van der Waals surface area contributed by atoms with Crippen molar-refractivity contribution in [2.75, 3.05) is 27.2 Å². The van der Waals surface area contributed by atoms with Crippen LogP contribution in [0.3, 0.4) is 0 Å². The third kappa shape index (κ3) is 5.62. The second-order valence-corrected chi connectivity index (χ2v) is 7.77. The number of sulfonamides is 1. The van der Waals surface area contributed by atoms with E-state index < -0.39 is 15.8 Å². The lowest BCUT2D eigenvalue weighted by atomic mass is 10.2. The molecule has 0 aliphatic rings. The van der Waals surface area contributed by atoms with Crippen molar-refractivity contribution >= 4 is 15.9 Å². The van der Waals surface area contributed by atoms with Crippen molar-refractivity contribution in [2.24, 2.45) is 0 Å². The first-order chi connectivity index (χ1) is 12.3. The highest BCUT2D eigenvalue weighted by atomic mass is 32.2. The van der Waals surface area contributed by atoms with Crippen LogP contribution in [0.2, 0.25) is 0 Å². The maximum atomic E-state index is 13.6. The van der Waals surface area contributed by atoms with Gasteiger partial charge in [0.05, 0.1) is 4.90 Å². The highest BCUT2D eigenvalue weighted by Crippen LogP contribution is 2.12. The standard InChI is InChI=1S/C18H22FN3O3S/c1-22(2)12-11-20-18(23)14-7-9-16(10-8-14)26(24,25)21-13-15-5-3-4-6-17(15)19/h3-10,21H,11-13H2,1-2H3,(H,20,23). The first kappa shape index (κ1) is 20.0. The predicted octanol–water partition coefficient (Wildman–Crippen LogP) is 1.60. The first-order valence-corrected chi connectivity index (χ1v) is 9.54. The molecule has 2 N–H and O–H groups in total. The van der Waals surface area contributed by atoms with Gasteiger partial charge in [0.2, 0.25) is 10.0 Å². The number of nitrogens with zero attached hydrogens (tertiary/aromatic N) is 1. The van der Waals surface area contributed by atoms with E-state index in [1.165, 1.54) is 42.5 Å². The summed E-state index contributed by atoms with van der Waals surface area (Å²) in [4.78, 5) is 14.0. The van der Waals surface area contributed by atoms with Gasteiger partial charge in [0.15, 0.2) is 0 Å². The maximum Gasteiger partial charge on any atom is 0.251 e. The molecule has 2 aromatic rings. The van der Waals surface area contributed by atoms with Crippen molar-refractivity contribution in [1.29, 1.82) is 0 Å². The average Bonchev–Trinajstić information content (AvgIpc) is 2.61. The van der Waals surface area contributed by atoms with Crippen LogP contribution < -0.4 is 10.0 Å². The second kappa shape index (κ2) is 8.88. The Morgan fingerprint density at radius 1 is 1.08 bits per heavy atom. The Bertz CT molecular complexity index is 852. The van der Waals surface area contributed by atoms with E-state index >= 15 is 0 Å². The molecule has 26 heavy (non-hydrogen) atoms. The van der Waals surface area contributed by atoms with Crippen molar-refractivity contribution in [1.82, 2.24) is 14.9 Å². The number of carbonyl (C=O) groups is 1. The van der Waals surface area contributed by atoms with E-state index in [-0.39, 0.29) is 22.9 Å². The number of amides is 1. The Labute approximate surface area is 153 Å². The molecule has 2 aromatic carbocycles. The van der Waals surface area contributed by atoms with Crippen molar-refractivity contribution in [2.45, 2.75) is 11.4 Å². The van der Waals surface area contributed by atoms with Gasteiger partial charge in [-0.3, -0.25) is 4.79 Å². The Hall–Kier alpha value is -2.29. The van der Waals surface area contributed by atoms with Crippen LogP contribution in [0, 0.1) is 5.82 Å². The molecule has 0 unspecified atom stereocenters. The number of carbonyl (C=O) groups excluding carboxylic acids is 1. The second-order valence-electron chi connectivity index (χ2n) is 6.00. The summed E-state index contributed by atoms with van der Waals surface area (Å²) in [6.07, 6.45) is 0. The zero-order chi connectivity index (χ0) is 19.2. The van der Waals surface area contributed by atoms with Gasteiger partial charge < -0.3 is 10.2 Å². The Morgan fingerprint density at radius 3 is 2.35 bits per heavy atom. The van der Waals surface area contributed by atoms with Crippen LogP contribution in [0.1, 0.15) is 15.9 Å². The lowest BCUT2D eigenvalue weighted by Crippen LogP contribution is -2.31. The molecule has 0 spiro atoms. The number of benzene rings is 2. The zero-order valence-corrected chi connectivity index (χ0v) is 15.5. The van der Waals surface area contributed by atoms with Gasteiger partial charge in [-0.05, 0) is 44.4 Å². The van der Waals surface area contributed by atoms with Crippen LogP contribution in [0.5, 0.6) is 0 Å². The molecule has 0 bridgehead atoms. The average molecular weight is 379 g/mol. The van der Waals surface area contributed by atoms with Crippen LogP contribution in [0.25, 0.3) is 0 Å². The fraction of sp³-hybridized carbons (Fsp3) is 0.278. The minimum absolute atomic E-state index is 0.0127. The van der Waals surface area contributed by atoms with Gasteiger partial charge in [-0.15, -0.1) is 0 Å². The van der Waals surface area contributed by atoms with Gasteiger partial charge in [0.25, 0.3) is 5.91 Å². The molecule has 0 aromatic heterocycles. The minimum atomic E-state index is -3.80. The number of hydrogen-bond donors (Lipinski definition) is 2. The maximum absolute atomic E-state index is 13.6. The molecule has 0 radical (unpaired) electrons. The van der Waals surface area contributed by atoms with Crippen molar-refractivity contribution in [3.8, 4) is 0 Å². The molecule has 0 saturated carbocycles. The highest BCUT2D eigenvalue weighted by Gasteiger charge is 2.15. The number of likely N-dealkylation sites (N-methyl/N-ethyl adjacent to an activating group) is 1. The third-order valence-electron chi connectivity index (χ3n) is 3.68. The molecule has 6 nitrogen and oxygen atoms in total. The molecule has 0 atom stereocenters. The van der Waals surface area contributed by atoms with E-state index in [2.05, 4.69) is 10.0 Å². The van der Waals surface area contributed by atoms with Crippen molar-refractivity contribution < 1.29 is 17.6 Å². The van der Waals surface area contributed by atoms with E-state index in [0.717, 1.165) is 0 Å². The quantitative estimate of drug-likeness (QED) is 0.730. The van der Waals surface area contributed by atoms with Crippen LogP contribution in [-0.2, 0) is 16.6 Å². The van der Waals surface area contributed by atoms with E-state index in [0.29, 0.717) is 18.7 Å². The Morgan fingerprint density at radius 2 is 1.73 bits per heavy atom. The number of rotatable bonds is 8. The van der Waals surface area contributed by atoms with Crippen LogP contribution in [0.4, 0.5) is 4.39 Å². The van der Waals surface area contributed by atoms with E-state index in [1.807, 2.05) is 19.0 Å². The molecule has 8 heteroatoms. The molecule has 0 heterocycles. The van der Waals surface area contributed by atoms with Gasteiger partial charge in [0.1, 0.15) is 5.82 Å². The summed E-state index contributed by atoms with van der Waals surface area (Å²) in [6.45, 7) is 1.05. The fourth-order valence-electron chi connectivity index (χ4n) is 2.18. The van der Waals surface area contributed by atoms with Gasteiger partial charge in [-0.1, -0.05) is 18.2 Å². The topological polar surface area (TPSA) is 78.5 Å². The molecule has 1 amide bonds. The van der Waals surface area contributed by atoms with Gasteiger partial charge in [-0.25, -0.2) is 17.5 Å². The number of halogens is 1. The van der Waals surface area contributed by atoms with Crippen LogP contribution in [-0.4, -0.2) is 46.4 Å². The fourth-order valence-corrected chi connectivity index (χ4v) is 3.18. The van der Waals surface area contributed by atoms with Crippen LogP contribution >= 0.6 is 0 Å². The summed E-state index contributed by atoms with van der Waals surface area (Å²) >= 11 is 0. The molecule has 0 aliphatic heterocycles. The van der Waals surface area contributed by atoms with E-state index in [9.17, 15) is 17.6 Å². The molecule has 0 aliphatic carbocycles. The first-order valence-electron chi connectivity index (χ1n) is 8.05. The molecule has 0 fully saturated rings. The van der Waals surface area contributed by atoms with Crippen molar-refractivity contribution in [3.05, 3.63) is 65.5 Å². The summed E-state index contributed by atoms with van der Waals surface area (Å²) < 4.78 is 40.5. The van der Waals surface area contributed by atoms with E-state index in [4.69, 9.17) is 0 Å². The van der Waals surface area contributed by atoms with E-state index in [1.54, 1.807) is 6.07 Å². The predicted molar refractivity (Wildman–Crippen MR) is 97.8 cm³/mol. The van der Waals surface area contributed by atoms with Gasteiger partial charge >= 0.3 is 0 Å². The number of nitrogens with one attached hydrogen (secondary N) is 2. The smallest absolute Gasteiger partial charge is 0.251 e. The summed E-state index contributed by atoms with van der Waals surface area (Å²) in [5, 5.41) is 2.75.